The molecule has 0 aliphatic carbocycles. The van der Waals surface area contributed by atoms with Gasteiger partial charge in [0.2, 0.25) is 0 Å². The predicted octanol–water partition coefficient (Wildman–Crippen LogP) is 3.11. The first-order valence-electron chi connectivity index (χ1n) is 5.24. The van der Waals surface area contributed by atoms with Crippen LogP contribution in [-0.4, -0.2) is 30.2 Å². The van der Waals surface area contributed by atoms with E-state index >= 15 is 0 Å². The Kier molecular flexibility index (Phi) is 6.48. The number of halogens is 1. The molecule has 0 amide bonds. The Morgan fingerprint density at radius 2 is 2.20 bits per heavy atom. The molecule has 4 heteroatoms. The summed E-state index contributed by atoms with van der Waals surface area (Å²) in [5.74, 6) is 0. The fourth-order valence-corrected chi connectivity index (χ4v) is 2.98. The van der Waals surface area contributed by atoms with Crippen LogP contribution in [0.3, 0.4) is 0 Å². The minimum atomic E-state index is 0.321. The summed E-state index contributed by atoms with van der Waals surface area (Å²) >= 11 is 5.25. The maximum atomic E-state index is 8.65. The third kappa shape index (κ3) is 5.66. The Morgan fingerprint density at radius 1 is 1.40 bits per heavy atom. The van der Waals surface area contributed by atoms with Crippen molar-refractivity contribution >= 4 is 27.3 Å². The highest BCUT2D eigenvalue weighted by molar-refractivity contribution is 9.10. The molecule has 0 unspecified atom stereocenters. The second-order valence-electron chi connectivity index (χ2n) is 3.75. The first kappa shape index (κ1) is 13.2. The fraction of sp³-hybridized carbons (Fsp3) is 0.636. The Bertz CT molecular complexity index is 277. The van der Waals surface area contributed by atoms with Crippen molar-refractivity contribution in [1.29, 1.82) is 0 Å². The van der Waals surface area contributed by atoms with Gasteiger partial charge in [0.25, 0.3) is 0 Å². The van der Waals surface area contributed by atoms with E-state index in [1.165, 1.54) is 15.8 Å². The summed E-state index contributed by atoms with van der Waals surface area (Å²) in [6.45, 7) is 2.45. The molecule has 0 aliphatic heterocycles. The van der Waals surface area contributed by atoms with Crippen molar-refractivity contribution < 1.29 is 5.11 Å². The van der Waals surface area contributed by atoms with E-state index in [0.717, 1.165) is 25.9 Å². The largest absolute Gasteiger partial charge is 0.396 e. The predicted molar refractivity (Wildman–Crippen MR) is 69.3 cm³/mol. The lowest BCUT2D eigenvalue weighted by Crippen LogP contribution is -2.18. The third-order valence-corrected chi connectivity index (χ3v) is 3.93. The molecule has 0 saturated carbocycles. The van der Waals surface area contributed by atoms with Gasteiger partial charge in [-0.1, -0.05) is 0 Å². The highest BCUT2D eigenvalue weighted by atomic mass is 79.9. The van der Waals surface area contributed by atoms with Crippen molar-refractivity contribution in [3.63, 3.8) is 0 Å². The maximum Gasteiger partial charge on any atom is 0.0431 e. The highest BCUT2D eigenvalue weighted by Gasteiger charge is 2.02. The van der Waals surface area contributed by atoms with Gasteiger partial charge in [-0.05, 0) is 54.9 Å². The number of aliphatic hydroxyl groups is 1. The number of hydrogen-bond donors (Lipinski definition) is 1. The first-order chi connectivity index (χ1) is 7.22. The highest BCUT2D eigenvalue weighted by Crippen LogP contribution is 2.20. The molecule has 1 aromatic rings. The SMILES string of the molecule is CN(CCCCCO)Cc1cc(Br)cs1. The second kappa shape index (κ2) is 7.39. The topological polar surface area (TPSA) is 23.5 Å². The summed E-state index contributed by atoms with van der Waals surface area (Å²) < 4.78 is 1.18. The van der Waals surface area contributed by atoms with E-state index in [2.05, 4.69) is 39.3 Å². The van der Waals surface area contributed by atoms with Crippen molar-refractivity contribution in [2.75, 3.05) is 20.2 Å². The van der Waals surface area contributed by atoms with E-state index in [9.17, 15) is 0 Å². The van der Waals surface area contributed by atoms with Gasteiger partial charge in [0.1, 0.15) is 0 Å². The first-order valence-corrected chi connectivity index (χ1v) is 6.92. The van der Waals surface area contributed by atoms with E-state index < -0.39 is 0 Å². The van der Waals surface area contributed by atoms with Crippen LogP contribution < -0.4 is 0 Å². The van der Waals surface area contributed by atoms with Crippen LogP contribution in [0.1, 0.15) is 24.1 Å². The van der Waals surface area contributed by atoms with Crippen LogP contribution in [-0.2, 0) is 6.54 Å². The Hall–Kier alpha value is 0.1000. The van der Waals surface area contributed by atoms with E-state index in [-0.39, 0.29) is 0 Å². The molecule has 0 saturated heterocycles. The van der Waals surface area contributed by atoms with Gasteiger partial charge in [-0.2, -0.15) is 0 Å². The normalized spacial score (nSPS) is 11.2. The van der Waals surface area contributed by atoms with Crippen LogP contribution >= 0.6 is 27.3 Å². The van der Waals surface area contributed by atoms with Crippen LogP contribution in [0.2, 0.25) is 0 Å². The van der Waals surface area contributed by atoms with Gasteiger partial charge < -0.3 is 10.0 Å². The van der Waals surface area contributed by atoms with Crippen LogP contribution in [0.4, 0.5) is 0 Å². The van der Waals surface area contributed by atoms with Gasteiger partial charge in [-0.25, -0.2) is 0 Å². The smallest absolute Gasteiger partial charge is 0.0431 e. The summed E-state index contributed by atoms with van der Waals surface area (Å²) in [6, 6.07) is 2.18. The number of thiophene rings is 1. The molecule has 0 bridgehead atoms. The third-order valence-electron chi connectivity index (χ3n) is 2.25. The van der Waals surface area contributed by atoms with Crippen molar-refractivity contribution in [2.24, 2.45) is 0 Å². The van der Waals surface area contributed by atoms with Gasteiger partial charge in [-0.3, -0.25) is 0 Å². The molecular formula is C11H18BrNOS. The summed E-state index contributed by atoms with van der Waals surface area (Å²) in [7, 11) is 2.15. The number of unbranched alkanes of at least 4 members (excludes halogenated alkanes) is 2. The van der Waals surface area contributed by atoms with Crippen LogP contribution in [0.5, 0.6) is 0 Å². The quantitative estimate of drug-likeness (QED) is 0.781. The molecule has 1 heterocycles. The van der Waals surface area contributed by atoms with Gasteiger partial charge >= 0.3 is 0 Å². The molecule has 1 N–H and O–H groups in total. The zero-order valence-corrected chi connectivity index (χ0v) is 11.5. The number of nitrogens with zero attached hydrogens (tertiary/aromatic N) is 1. The van der Waals surface area contributed by atoms with E-state index in [1.54, 1.807) is 11.3 Å². The molecule has 0 spiro atoms. The molecule has 15 heavy (non-hydrogen) atoms. The lowest BCUT2D eigenvalue weighted by molar-refractivity contribution is 0.271. The lowest BCUT2D eigenvalue weighted by Gasteiger charge is -2.14. The van der Waals surface area contributed by atoms with Gasteiger partial charge in [0.05, 0.1) is 0 Å². The second-order valence-corrected chi connectivity index (χ2v) is 5.66. The number of aliphatic hydroxyl groups excluding tert-OH is 1. The molecule has 2 nitrogen and oxygen atoms in total. The van der Waals surface area contributed by atoms with Crippen molar-refractivity contribution in [2.45, 2.75) is 25.8 Å². The van der Waals surface area contributed by atoms with Crippen LogP contribution in [0.15, 0.2) is 15.9 Å². The fourth-order valence-electron chi connectivity index (χ4n) is 1.45. The van der Waals surface area contributed by atoms with Crippen molar-refractivity contribution in [3.8, 4) is 0 Å². The summed E-state index contributed by atoms with van der Waals surface area (Å²) in [5, 5.41) is 10.8. The average Bonchev–Trinajstić information content (AvgIpc) is 2.59. The van der Waals surface area contributed by atoms with Crippen molar-refractivity contribution in [1.82, 2.24) is 4.90 Å². The van der Waals surface area contributed by atoms with E-state index in [4.69, 9.17) is 5.11 Å². The standard InChI is InChI=1S/C11H18BrNOS/c1-13(5-3-2-4-6-14)8-11-7-10(12)9-15-11/h7,9,14H,2-6,8H2,1H3. The minimum absolute atomic E-state index is 0.321. The molecule has 86 valence electrons. The molecule has 1 aromatic heterocycles. The molecule has 0 radical (unpaired) electrons. The van der Waals surface area contributed by atoms with E-state index in [1.807, 2.05) is 0 Å². The monoisotopic (exact) mass is 291 g/mol. The van der Waals surface area contributed by atoms with Crippen molar-refractivity contribution in [3.05, 3.63) is 20.8 Å². The van der Waals surface area contributed by atoms with Gasteiger partial charge in [-0.15, -0.1) is 11.3 Å². The molecule has 0 fully saturated rings. The maximum absolute atomic E-state index is 8.65. The molecular weight excluding hydrogens is 274 g/mol. The van der Waals surface area contributed by atoms with Gasteiger partial charge in [0.15, 0.2) is 0 Å². The zero-order valence-electron chi connectivity index (χ0n) is 9.08. The van der Waals surface area contributed by atoms with E-state index in [0.29, 0.717) is 6.61 Å². The molecule has 0 aliphatic rings. The molecule has 0 atom stereocenters. The Morgan fingerprint density at radius 3 is 2.80 bits per heavy atom. The Balaban J connectivity index is 2.15. The summed E-state index contributed by atoms with van der Waals surface area (Å²) in [6.07, 6.45) is 3.22. The minimum Gasteiger partial charge on any atom is -0.396 e. The number of rotatable bonds is 7. The summed E-state index contributed by atoms with van der Waals surface area (Å²) in [4.78, 5) is 3.72. The number of hydrogen-bond acceptors (Lipinski definition) is 3. The molecule has 1 rings (SSSR count). The zero-order chi connectivity index (χ0) is 11.1. The van der Waals surface area contributed by atoms with Crippen LogP contribution in [0, 0.1) is 0 Å². The summed E-state index contributed by atoms with van der Waals surface area (Å²) in [5.41, 5.74) is 0. The van der Waals surface area contributed by atoms with Crippen LogP contribution in [0.25, 0.3) is 0 Å². The van der Waals surface area contributed by atoms with Gasteiger partial charge in [0, 0.05) is 27.9 Å². The average molecular weight is 292 g/mol. The lowest BCUT2D eigenvalue weighted by atomic mass is 10.2. The Labute approximate surface area is 104 Å². The molecule has 0 aromatic carbocycles.